The highest BCUT2D eigenvalue weighted by Gasteiger charge is 2.41. The first-order chi connectivity index (χ1) is 12.1. The maximum absolute atomic E-state index is 12.4. The van der Waals surface area contributed by atoms with E-state index >= 15 is 0 Å². The minimum absolute atomic E-state index is 0.220. The number of carbonyl (C=O) groups is 1. The fourth-order valence-corrected chi connectivity index (χ4v) is 4.01. The summed E-state index contributed by atoms with van der Waals surface area (Å²) in [6.07, 6.45) is 8.52. The van der Waals surface area contributed by atoms with Gasteiger partial charge >= 0.3 is 0 Å². The normalized spacial score (nSPS) is 24.2. The zero-order valence-corrected chi connectivity index (χ0v) is 15.4. The Balaban J connectivity index is 1.66. The maximum Gasteiger partial charge on any atom is 0.222 e. The minimum atomic E-state index is 0.220. The van der Waals surface area contributed by atoms with Crippen molar-refractivity contribution in [3.8, 4) is 11.8 Å². The van der Waals surface area contributed by atoms with Gasteiger partial charge in [-0.15, -0.1) is 5.92 Å². The Hall–Kier alpha value is -1.93. The second kappa shape index (κ2) is 7.97. The molecule has 1 amide bonds. The quantitative estimate of drug-likeness (QED) is 0.793. The van der Waals surface area contributed by atoms with E-state index < -0.39 is 0 Å². The lowest BCUT2D eigenvalue weighted by atomic mass is 9.73. The summed E-state index contributed by atoms with van der Waals surface area (Å²) in [5.41, 5.74) is 2.00. The van der Waals surface area contributed by atoms with Crippen LogP contribution in [0.4, 0.5) is 0 Å². The molecule has 0 radical (unpaired) electrons. The van der Waals surface area contributed by atoms with Gasteiger partial charge in [0.1, 0.15) is 0 Å². The third kappa shape index (κ3) is 4.58. The fourth-order valence-electron chi connectivity index (χ4n) is 4.01. The molecule has 2 fully saturated rings. The van der Waals surface area contributed by atoms with E-state index in [1.165, 1.54) is 12.8 Å². The Kier molecular flexibility index (Phi) is 5.70. The Morgan fingerprint density at radius 2 is 2.08 bits per heavy atom. The minimum Gasteiger partial charge on any atom is -0.336 e. The number of piperidine rings is 2. The van der Waals surface area contributed by atoms with Crippen LogP contribution < -0.4 is 0 Å². The molecule has 2 aliphatic heterocycles. The average Bonchev–Trinajstić information content (AvgIpc) is 2.61. The number of aryl methyl sites for hydroxylation is 1. The number of hydrogen-bond acceptors (Lipinski definition) is 4. The SMILES string of the molecule is CCC#CCN1CCC[C@@]2(CCC(=O)N(Cc3cnc(C)cn3)C2)C1. The van der Waals surface area contributed by atoms with Crippen molar-refractivity contribution in [1.29, 1.82) is 0 Å². The van der Waals surface area contributed by atoms with E-state index in [2.05, 4.69) is 33.6 Å². The van der Waals surface area contributed by atoms with Crippen LogP contribution in [-0.2, 0) is 11.3 Å². The molecule has 0 saturated carbocycles. The lowest BCUT2D eigenvalue weighted by Gasteiger charge is -2.48. The van der Waals surface area contributed by atoms with Crippen LogP contribution in [0.15, 0.2) is 12.4 Å². The van der Waals surface area contributed by atoms with Gasteiger partial charge in [0.25, 0.3) is 0 Å². The highest BCUT2D eigenvalue weighted by Crippen LogP contribution is 2.39. The molecule has 25 heavy (non-hydrogen) atoms. The van der Waals surface area contributed by atoms with Crippen molar-refractivity contribution >= 4 is 5.91 Å². The van der Waals surface area contributed by atoms with Gasteiger partial charge in [-0.25, -0.2) is 0 Å². The molecular weight excluding hydrogens is 312 g/mol. The zero-order valence-electron chi connectivity index (χ0n) is 15.4. The number of hydrogen-bond donors (Lipinski definition) is 0. The van der Waals surface area contributed by atoms with Gasteiger partial charge < -0.3 is 4.90 Å². The molecule has 0 unspecified atom stereocenters. The first kappa shape index (κ1) is 17.9. The van der Waals surface area contributed by atoms with Crippen LogP contribution in [0.5, 0.6) is 0 Å². The van der Waals surface area contributed by atoms with E-state index in [1.54, 1.807) is 12.4 Å². The molecule has 2 saturated heterocycles. The Bertz CT molecular complexity index is 661. The van der Waals surface area contributed by atoms with Gasteiger partial charge in [0, 0.05) is 37.5 Å². The van der Waals surface area contributed by atoms with Crippen molar-refractivity contribution in [2.45, 2.75) is 52.5 Å². The number of nitrogens with zero attached hydrogens (tertiary/aromatic N) is 4. The lowest BCUT2D eigenvalue weighted by Crippen LogP contribution is -2.53. The number of amides is 1. The van der Waals surface area contributed by atoms with E-state index in [-0.39, 0.29) is 11.3 Å². The lowest BCUT2D eigenvalue weighted by molar-refractivity contribution is -0.140. The molecule has 1 spiro atoms. The molecule has 134 valence electrons. The summed E-state index contributed by atoms with van der Waals surface area (Å²) in [5.74, 6) is 6.68. The number of likely N-dealkylation sites (tertiary alicyclic amines) is 2. The smallest absolute Gasteiger partial charge is 0.222 e. The molecule has 0 N–H and O–H groups in total. The van der Waals surface area contributed by atoms with Crippen molar-refractivity contribution in [2.24, 2.45) is 5.41 Å². The summed E-state index contributed by atoms with van der Waals surface area (Å²) in [7, 11) is 0. The fraction of sp³-hybridized carbons (Fsp3) is 0.650. The predicted molar refractivity (Wildman–Crippen MR) is 97.6 cm³/mol. The molecule has 2 aliphatic rings. The van der Waals surface area contributed by atoms with Crippen LogP contribution in [0.2, 0.25) is 0 Å². The standard InChI is InChI=1S/C20H28N4O/c1-3-4-5-10-23-11-6-8-20(15-23)9-7-19(25)24(16-20)14-18-13-21-17(2)12-22-18/h12-13H,3,6-11,14-16H2,1-2H3/t20-/m1/s1. The largest absolute Gasteiger partial charge is 0.336 e. The molecule has 3 rings (SSSR count). The van der Waals surface area contributed by atoms with E-state index in [0.29, 0.717) is 13.0 Å². The topological polar surface area (TPSA) is 49.3 Å². The van der Waals surface area contributed by atoms with Crippen LogP contribution in [-0.4, -0.2) is 51.9 Å². The van der Waals surface area contributed by atoms with Gasteiger partial charge in [0.05, 0.1) is 30.7 Å². The van der Waals surface area contributed by atoms with Gasteiger partial charge in [-0.3, -0.25) is 19.7 Å². The first-order valence-corrected chi connectivity index (χ1v) is 9.34. The summed E-state index contributed by atoms with van der Waals surface area (Å²) in [5, 5.41) is 0. The van der Waals surface area contributed by atoms with Gasteiger partial charge in [-0.05, 0) is 32.7 Å². The van der Waals surface area contributed by atoms with Crippen molar-refractivity contribution in [1.82, 2.24) is 19.8 Å². The predicted octanol–water partition coefficient (Wildman–Crippen LogP) is 2.40. The van der Waals surface area contributed by atoms with Gasteiger partial charge in [0.15, 0.2) is 0 Å². The summed E-state index contributed by atoms with van der Waals surface area (Å²) in [6, 6.07) is 0. The third-order valence-electron chi connectivity index (χ3n) is 5.28. The Morgan fingerprint density at radius 3 is 2.84 bits per heavy atom. The monoisotopic (exact) mass is 340 g/mol. The molecule has 3 heterocycles. The molecule has 0 aromatic carbocycles. The van der Waals surface area contributed by atoms with E-state index in [9.17, 15) is 4.79 Å². The van der Waals surface area contributed by atoms with Gasteiger partial charge in [0.2, 0.25) is 5.91 Å². The average molecular weight is 340 g/mol. The summed E-state index contributed by atoms with van der Waals surface area (Å²) in [4.78, 5) is 25.6. The van der Waals surface area contributed by atoms with Crippen molar-refractivity contribution in [3.05, 3.63) is 23.8 Å². The van der Waals surface area contributed by atoms with Crippen molar-refractivity contribution < 1.29 is 4.79 Å². The van der Waals surface area contributed by atoms with Crippen LogP contribution in [0.3, 0.4) is 0 Å². The zero-order chi connectivity index (χ0) is 17.7. The molecule has 1 atom stereocenters. The summed E-state index contributed by atoms with van der Waals surface area (Å²) >= 11 is 0. The Labute approximate surface area is 150 Å². The molecule has 1 aromatic heterocycles. The van der Waals surface area contributed by atoms with Crippen molar-refractivity contribution in [2.75, 3.05) is 26.2 Å². The second-order valence-electron chi connectivity index (χ2n) is 7.42. The number of aromatic nitrogens is 2. The maximum atomic E-state index is 12.4. The second-order valence-corrected chi connectivity index (χ2v) is 7.42. The highest BCUT2D eigenvalue weighted by atomic mass is 16.2. The van der Waals surface area contributed by atoms with Gasteiger partial charge in [-0.2, -0.15) is 0 Å². The van der Waals surface area contributed by atoms with E-state index in [4.69, 9.17) is 0 Å². The molecular formula is C20H28N4O. The first-order valence-electron chi connectivity index (χ1n) is 9.34. The van der Waals surface area contributed by atoms with E-state index in [0.717, 1.165) is 50.4 Å². The Morgan fingerprint density at radius 1 is 1.20 bits per heavy atom. The van der Waals surface area contributed by atoms with Crippen molar-refractivity contribution in [3.63, 3.8) is 0 Å². The third-order valence-corrected chi connectivity index (χ3v) is 5.28. The van der Waals surface area contributed by atoms with Crippen LogP contribution in [0, 0.1) is 24.2 Å². The van der Waals surface area contributed by atoms with Gasteiger partial charge in [-0.1, -0.05) is 12.8 Å². The molecule has 0 aliphatic carbocycles. The molecule has 5 heteroatoms. The number of rotatable bonds is 3. The molecule has 0 bridgehead atoms. The number of carbonyl (C=O) groups excluding carboxylic acids is 1. The van der Waals surface area contributed by atoms with Crippen LogP contribution >= 0.6 is 0 Å². The molecule has 5 nitrogen and oxygen atoms in total. The summed E-state index contributed by atoms with van der Waals surface area (Å²) < 4.78 is 0. The summed E-state index contributed by atoms with van der Waals surface area (Å²) in [6.45, 7) is 8.45. The van der Waals surface area contributed by atoms with Crippen LogP contribution in [0.25, 0.3) is 0 Å². The van der Waals surface area contributed by atoms with E-state index in [1.807, 2.05) is 11.8 Å². The highest BCUT2D eigenvalue weighted by molar-refractivity contribution is 5.77. The molecule has 1 aromatic rings. The van der Waals surface area contributed by atoms with Crippen LogP contribution in [0.1, 0.15) is 50.4 Å².